The highest BCUT2D eigenvalue weighted by Crippen LogP contribution is 2.20. The van der Waals surface area contributed by atoms with E-state index >= 15 is 0 Å². The van der Waals surface area contributed by atoms with E-state index in [2.05, 4.69) is 41.5 Å². The van der Waals surface area contributed by atoms with E-state index in [9.17, 15) is 0 Å². The second-order valence-electron chi connectivity index (χ2n) is 6.24. The molecular formula is C15H30IN5O. The third kappa shape index (κ3) is 7.44. The molecule has 1 heterocycles. The SMILES string of the molecule is CN=C(NCCc1cnn(C)c1)NCC(OC)C(C)(C)C.I. The fourth-order valence-electron chi connectivity index (χ4n) is 2.08. The zero-order valence-electron chi connectivity index (χ0n) is 14.5. The molecule has 1 aromatic rings. The largest absolute Gasteiger partial charge is 0.379 e. The molecule has 22 heavy (non-hydrogen) atoms. The number of halogens is 1. The number of hydrogen-bond donors (Lipinski definition) is 2. The van der Waals surface area contributed by atoms with Crippen LogP contribution >= 0.6 is 24.0 Å². The summed E-state index contributed by atoms with van der Waals surface area (Å²) in [6.45, 7) is 8.05. The zero-order chi connectivity index (χ0) is 15.9. The number of hydrogen-bond acceptors (Lipinski definition) is 3. The molecule has 0 aliphatic rings. The van der Waals surface area contributed by atoms with E-state index in [4.69, 9.17) is 4.74 Å². The first-order valence-corrected chi connectivity index (χ1v) is 7.31. The van der Waals surface area contributed by atoms with Crippen LogP contribution in [0.15, 0.2) is 17.4 Å². The summed E-state index contributed by atoms with van der Waals surface area (Å²) in [5.41, 5.74) is 1.31. The number of aryl methyl sites for hydroxylation is 1. The Hall–Kier alpha value is -0.830. The molecule has 0 amide bonds. The average molecular weight is 423 g/mol. The van der Waals surface area contributed by atoms with Gasteiger partial charge in [-0.15, -0.1) is 24.0 Å². The Labute approximate surface area is 151 Å². The molecule has 0 radical (unpaired) electrons. The van der Waals surface area contributed by atoms with Crippen LogP contribution in [-0.4, -0.2) is 49.1 Å². The maximum atomic E-state index is 5.53. The van der Waals surface area contributed by atoms with Crippen LogP contribution in [0.25, 0.3) is 0 Å². The van der Waals surface area contributed by atoms with E-state index in [1.165, 1.54) is 5.56 Å². The van der Waals surface area contributed by atoms with Gasteiger partial charge in [0.1, 0.15) is 0 Å². The summed E-state index contributed by atoms with van der Waals surface area (Å²) >= 11 is 0. The molecule has 1 aromatic heterocycles. The molecule has 0 bridgehead atoms. The first-order valence-electron chi connectivity index (χ1n) is 7.31. The molecule has 1 unspecified atom stereocenters. The van der Waals surface area contributed by atoms with E-state index in [0.29, 0.717) is 0 Å². The van der Waals surface area contributed by atoms with Crippen LogP contribution in [0.4, 0.5) is 0 Å². The van der Waals surface area contributed by atoms with Crippen LogP contribution in [0.3, 0.4) is 0 Å². The molecular weight excluding hydrogens is 393 g/mol. The summed E-state index contributed by atoms with van der Waals surface area (Å²) in [5, 5.41) is 10.8. The van der Waals surface area contributed by atoms with Gasteiger partial charge in [-0.25, -0.2) is 0 Å². The van der Waals surface area contributed by atoms with E-state index in [-0.39, 0.29) is 35.5 Å². The van der Waals surface area contributed by atoms with E-state index in [1.54, 1.807) is 14.2 Å². The summed E-state index contributed by atoms with van der Waals surface area (Å²) in [6, 6.07) is 0. The number of aromatic nitrogens is 2. The molecule has 6 nitrogen and oxygen atoms in total. The average Bonchev–Trinajstić information content (AvgIpc) is 2.81. The highest BCUT2D eigenvalue weighted by molar-refractivity contribution is 14.0. The zero-order valence-corrected chi connectivity index (χ0v) is 16.8. The Morgan fingerprint density at radius 1 is 1.41 bits per heavy atom. The van der Waals surface area contributed by atoms with Crippen LogP contribution in [0.2, 0.25) is 0 Å². The van der Waals surface area contributed by atoms with Gasteiger partial charge < -0.3 is 15.4 Å². The minimum atomic E-state index is 0. The van der Waals surface area contributed by atoms with Gasteiger partial charge in [0.15, 0.2) is 5.96 Å². The Morgan fingerprint density at radius 3 is 2.55 bits per heavy atom. The van der Waals surface area contributed by atoms with Gasteiger partial charge in [0, 0.05) is 40.5 Å². The number of nitrogens with one attached hydrogen (secondary N) is 2. The minimum absolute atomic E-state index is 0. The summed E-state index contributed by atoms with van der Waals surface area (Å²) in [4.78, 5) is 4.23. The molecule has 0 saturated carbocycles. The maximum absolute atomic E-state index is 5.53. The van der Waals surface area contributed by atoms with Gasteiger partial charge in [0.2, 0.25) is 0 Å². The van der Waals surface area contributed by atoms with Crippen molar-refractivity contribution in [3.8, 4) is 0 Å². The van der Waals surface area contributed by atoms with E-state index in [0.717, 1.165) is 25.5 Å². The highest BCUT2D eigenvalue weighted by Gasteiger charge is 2.24. The second-order valence-corrected chi connectivity index (χ2v) is 6.24. The Morgan fingerprint density at radius 2 is 2.09 bits per heavy atom. The van der Waals surface area contributed by atoms with Crippen molar-refractivity contribution < 1.29 is 4.74 Å². The van der Waals surface area contributed by atoms with Gasteiger partial charge in [-0.3, -0.25) is 9.67 Å². The Bertz CT molecular complexity index is 453. The summed E-state index contributed by atoms with van der Waals surface area (Å²) in [7, 11) is 5.45. The van der Waals surface area contributed by atoms with E-state index < -0.39 is 0 Å². The Kier molecular flexibility index (Phi) is 9.66. The lowest BCUT2D eigenvalue weighted by atomic mass is 9.89. The molecule has 0 aliphatic carbocycles. The molecule has 0 spiro atoms. The van der Waals surface area contributed by atoms with Gasteiger partial charge in [0.25, 0.3) is 0 Å². The molecule has 1 rings (SSSR count). The van der Waals surface area contributed by atoms with Crippen molar-refractivity contribution in [1.29, 1.82) is 0 Å². The third-order valence-corrected chi connectivity index (χ3v) is 3.39. The minimum Gasteiger partial charge on any atom is -0.379 e. The number of nitrogens with zero attached hydrogens (tertiary/aromatic N) is 3. The topological polar surface area (TPSA) is 63.5 Å². The number of ether oxygens (including phenoxy) is 1. The number of rotatable bonds is 6. The van der Waals surface area contributed by atoms with Crippen molar-refractivity contribution in [3.05, 3.63) is 18.0 Å². The van der Waals surface area contributed by atoms with Gasteiger partial charge in [-0.05, 0) is 17.4 Å². The maximum Gasteiger partial charge on any atom is 0.191 e. The molecule has 0 saturated heterocycles. The highest BCUT2D eigenvalue weighted by atomic mass is 127. The van der Waals surface area contributed by atoms with Crippen molar-refractivity contribution in [3.63, 3.8) is 0 Å². The normalized spacial score (nSPS) is 13.5. The fraction of sp³-hybridized carbons (Fsp3) is 0.733. The van der Waals surface area contributed by atoms with Crippen molar-refractivity contribution in [2.75, 3.05) is 27.2 Å². The molecule has 1 atom stereocenters. The molecule has 7 heteroatoms. The standard InChI is InChI=1S/C15H29N5O.HI/c1-15(2,3)13(21-6)10-18-14(16-4)17-8-7-12-9-19-20(5)11-12;/h9,11,13H,7-8,10H2,1-6H3,(H2,16,17,18);1H. The third-order valence-electron chi connectivity index (χ3n) is 3.39. The second kappa shape index (κ2) is 10.0. The number of aliphatic imine (C=N–C) groups is 1. The van der Waals surface area contributed by atoms with Gasteiger partial charge >= 0.3 is 0 Å². The predicted octanol–water partition coefficient (Wildman–Crippen LogP) is 1.81. The van der Waals surface area contributed by atoms with Crippen molar-refractivity contribution in [2.45, 2.75) is 33.3 Å². The van der Waals surface area contributed by atoms with Crippen LogP contribution in [-0.2, 0) is 18.2 Å². The molecule has 0 aromatic carbocycles. The number of methoxy groups -OCH3 is 1. The predicted molar refractivity (Wildman–Crippen MR) is 102 cm³/mol. The van der Waals surface area contributed by atoms with E-state index in [1.807, 2.05) is 24.1 Å². The first-order chi connectivity index (χ1) is 9.86. The van der Waals surface area contributed by atoms with Crippen LogP contribution < -0.4 is 10.6 Å². The summed E-state index contributed by atoms with van der Waals surface area (Å²) < 4.78 is 7.34. The lowest BCUT2D eigenvalue weighted by Gasteiger charge is -2.30. The van der Waals surface area contributed by atoms with Crippen LogP contribution in [0, 0.1) is 5.41 Å². The first kappa shape index (κ1) is 21.2. The number of guanidine groups is 1. The smallest absolute Gasteiger partial charge is 0.191 e. The molecule has 128 valence electrons. The van der Waals surface area contributed by atoms with Crippen LogP contribution in [0.1, 0.15) is 26.3 Å². The lowest BCUT2D eigenvalue weighted by molar-refractivity contribution is 0.0205. The van der Waals surface area contributed by atoms with Gasteiger partial charge in [-0.2, -0.15) is 5.10 Å². The monoisotopic (exact) mass is 423 g/mol. The van der Waals surface area contributed by atoms with Crippen molar-refractivity contribution >= 4 is 29.9 Å². The van der Waals surface area contributed by atoms with Gasteiger partial charge in [-0.1, -0.05) is 20.8 Å². The molecule has 2 N–H and O–H groups in total. The van der Waals surface area contributed by atoms with Gasteiger partial charge in [0.05, 0.1) is 12.3 Å². The fourth-order valence-corrected chi connectivity index (χ4v) is 2.08. The quantitative estimate of drug-likeness (QED) is 0.416. The van der Waals surface area contributed by atoms with Crippen molar-refractivity contribution in [2.24, 2.45) is 17.5 Å². The summed E-state index contributed by atoms with van der Waals surface area (Å²) in [6.07, 6.45) is 4.97. The van der Waals surface area contributed by atoms with Crippen LogP contribution in [0.5, 0.6) is 0 Å². The Balaban J connectivity index is 0.00000441. The van der Waals surface area contributed by atoms with Crippen molar-refractivity contribution in [1.82, 2.24) is 20.4 Å². The molecule has 0 fully saturated rings. The molecule has 0 aliphatic heterocycles. The lowest BCUT2D eigenvalue weighted by Crippen LogP contribution is -2.45. The summed E-state index contributed by atoms with van der Waals surface area (Å²) in [5.74, 6) is 0.796.